The van der Waals surface area contributed by atoms with Crippen molar-refractivity contribution in [3.63, 3.8) is 0 Å². The van der Waals surface area contributed by atoms with E-state index in [9.17, 15) is 9.59 Å². The summed E-state index contributed by atoms with van der Waals surface area (Å²) < 4.78 is 6.44. The third-order valence-electron chi connectivity index (χ3n) is 5.21. The van der Waals surface area contributed by atoms with Gasteiger partial charge in [0.1, 0.15) is 6.54 Å². The van der Waals surface area contributed by atoms with Crippen LogP contribution in [0.3, 0.4) is 0 Å². The Kier molecular flexibility index (Phi) is 6.07. The van der Waals surface area contributed by atoms with Gasteiger partial charge in [-0.05, 0) is 38.5 Å². The van der Waals surface area contributed by atoms with E-state index in [1.54, 1.807) is 19.4 Å². The van der Waals surface area contributed by atoms with Crippen LogP contribution in [-0.2, 0) is 16.1 Å². The quantitative estimate of drug-likeness (QED) is 0.774. The maximum Gasteiger partial charge on any atom is 0.269 e. The van der Waals surface area contributed by atoms with E-state index >= 15 is 0 Å². The zero-order chi connectivity index (χ0) is 17.6. The predicted octanol–water partition coefficient (Wildman–Crippen LogP) is 1.26. The van der Waals surface area contributed by atoms with Crippen LogP contribution in [0.2, 0.25) is 0 Å². The van der Waals surface area contributed by atoms with E-state index in [4.69, 9.17) is 4.74 Å². The van der Waals surface area contributed by atoms with Crippen LogP contribution in [0.25, 0.3) is 0 Å². The molecule has 1 aromatic rings. The Morgan fingerprint density at radius 1 is 1.24 bits per heavy atom. The topological polar surface area (TPSA) is 67.7 Å². The number of nitrogens with zero attached hydrogens (tertiary/aromatic N) is 4. The first-order valence-corrected chi connectivity index (χ1v) is 9.29. The van der Waals surface area contributed by atoms with Crippen molar-refractivity contribution in [2.45, 2.75) is 51.1 Å². The number of aromatic nitrogens is 2. The lowest BCUT2D eigenvalue weighted by atomic mass is 9.99. The van der Waals surface area contributed by atoms with Gasteiger partial charge in [0.25, 0.3) is 5.56 Å². The molecule has 1 aromatic heterocycles. The lowest BCUT2D eigenvalue weighted by molar-refractivity contribution is -0.136. The number of carbonyl (C=O) groups is 1. The van der Waals surface area contributed by atoms with E-state index in [0.717, 1.165) is 63.8 Å². The van der Waals surface area contributed by atoms with Crippen LogP contribution in [0.4, 0.5) is 5.69 Å². The molecule has 0 spiro atoms. The number of methoxy groups -OCH3 is 1. The van der Waals surface area contributed by atoms with Crippen molar-refractivity contribution < 1.29 is 9.53 Å². The first kappa shape index (κ1) is 17.9. The molecule has 0 saturated carbocycles. The van der Waals surface area contributed by atoms with E-state index in [0.29, 0.717) is 6.61 Å². The summed E-state index contributed by atoms with van der Waals surface area (Å²) in [4.78, 5) is 29.1. The van der Waals surface area contributed by atoms with E-state index in [2.05, 4.69) is 10.00 Å². The molecular weight excluding hydrogens is 320 g/mol. The highest BCUT2D eigenvalue weighted by atomic mass is 16.5. The van der Waals surface area contributed by atoms with Crippen LogP contribution in [0, 0.1) is 0 Å². The predicted molar refractivity (Wildman–Crippen MR) is 95.8 cm³/mol. The van der Waals surface area contributed by atoms with Gasteiger partial charge in [0.2, 0.25) is 5.91 Å². The molecular formula is C18H28N4O3. The third-order valence-corrected chi connectivity index (χ3v) is 5.21. The summed E-state index contributed by atoms with van der Waals surface area (Å²) in [5.41, 5.74) is 0.658. The first-order chi connectivity index (χ1) is 12.2. The maximum atomic E-state index is 12.7. The van der Waals surface area contributed by atoms with Crippen molar-refractivity contribution in [1.29, 1.82) is 0 Å². The van der Waals surface area contributed by atoms with Crippen LogP contribution >= 0.6 is 0 Å². The fourth-order valence-corrected chi connectivity index (χ4v) is 3.79. The van der Waals surface area contributed by atoms with E-state index in [1.807, 2.05) is 4.90 Å². The second-order valence-corrected chi connectivity index (χ2v) is 6.92. The minimum Gasteiger partial charge on any atom is -0.385 e. The average Bonchev–Trinajstić information content (AvgIpc) is 3.16. The summed E-state index contributed by atoms with van der Waals surface area (Å²) >= 11 is 0. The van der Waals surface area contributed by atoms with Gasteiger partial charge in [-0.1, -0.05) is 0 Å². The van der Waals surface area contributed by atoms with E-state index < -0.39 is 0 Å². The van der Waals surface area contributed by atoms with E-state index in [-0.39, 0.29) is 24.1 Å². The number of anilines is 1. The standard InChI is InChI=1S/C18H28N4O3/c1-25-11-7-15-6-2-3-10-21(15)18(24)14-22-17(23)12-16(13-19-22)20-8-4-5-9-20/h12-13,15H,2-11,14H2,1H3/t15-/m1/s1. The second-order valence-electron chi connectivity index (χ2n) is 6.92. The highest BCUT2D eigenvalue weighted by molar-refractivity contribution is 5.76. The average molecular weight is 348 g/mol. The van der Waals surface area contributed by atoms with Crippen LogP contribution in [0.15, 0.2) is 17.1 Å². The van der Waals surface area contributed by atoms with Gasteiger partial charge in [-0.2, -0.15) is 5.10 Å². The molecule has 2 saturated heterocycles. The molecule has 0 aliphatic carbocycles. The van der Waals surface area contributed by atoms with Crippen molar-refractivity contribution >= 4 is 11.6 Å². The number of amides is 1. The van der Waals surface area contributed by atoms with Crippen LogP contribution in [0.5, 0.6) is 0 Å². The van der Waals surface area contributed by atoms with Crippen LogP contribution in [0.1, 0.15) is 38.5 Å². The first-order valence-electron chi connectivity index (χ1n) is 9.29. The SMILES string of the molecule is COCC[C@H]1CCCCN1C(=O)Cn1ncc(N2CCCC2)cc1=O. The summed E-state index contributed by atoms with van der Waals surface area (Å²) in [6.07, 6.45) is 8.02. The summed E-state index contributed by atoms with van der Waals surface area (Å²) in [6.45, 7) is 3.37. The smallest absolute Gasteiger partial charge is 0.269 e. The lowest BCUT2D eigenvalue weighted by Crippen LogP contribution is -2.46. The Morgan fingerprint density at radius 2 is 2.00 bits per heavy atom. The summed E-state index contributed by atoms with van der Waals surface area (Å²) in [5, 5.41) is 4.24. The fourth-order valence-electron chi connectivity index (χ4n) is 3.79. The Balaban J connectivity index is 1.66. The van der Waals surface area contributed by atoms with Gasteiger partial charge < -0.3 is 14.5 Å². The lowest BCUT2D eigenvalue weighted by Gasteiger charge is -2.35. The molecule has 2 fully saturated rings. The number of ether oxygens (including phenoxy) is 1. The van der Waals surface area contributed by atoms with Gasteiger partial charge >= 0.3 is 0 Å². The molecule has 3 rings (SSSR count). The molecule has 0 N–H and O–H groups in total. The van der Waals surface area contributed by atoms with Crippen molar-refractivity contribution in [3.8, 4) is 0 Å². The monoisotopic (exact) mass is 348 g/mol. The molecule has 7 heteroatoms. The normalized spacial score (nSPS) is 20.9. The van der Waals surface area contributed by atoms with Gasteiger partial charge in [-0.15, -0.1) is 0 Å². The zero-order valence-electron chi connectivity index (χ0n) is 15.0. The van der Waals surface area contributed by atoms with Gasteiger partial charge in [-0.25, -0.2) is 4.68 Å². The van der Waals surface area contributed by atoms with Crippen LogP contribution < -0.4 is 10.5 Å². The molecule has 1 amide bonds. The van der Waals surface area contributed by atoms with Crippen molar-refractivity contribution in [2.24, 2.45) is 0 Å². The summed E-state index contributed by atoms with van der Waals surface area (Å²) in [6, 6.07) is 1.81. The number of carbonyl (C=O) groups excluding carboxylic acids is 1. The highest BCUT2D eigenvalue weighted by Gasteiger charge is 2.27. The van der Waals surface area contributed by atoms with Gasteiger partial charge in [0.15, 0.2) is 0 Å². The minimum atomic E-state index is -0.205. The number of piperidine rings is 1. The second kappa shape index (κ2) is 8.47. The van der Waals surface area contributed by atoms with Gasteiger partial charge in [0.05, 0.1) is 11.9 Å². The fraction of sp³-hybridized carbons (Fsp3) is 0.722. The molecule has 2 aliphatic heterocycles. The zero-order valence-corrected chi connectivity index (χ0v) is 15.0. The number of hydrogen-bond acceptors (Lipinski definition) is 5. The molecule has 3 heterocycles. The van der Waals surface area contributed by atoms with Gasteiger partial charge in [-0.3, -0.25) is 9.59 Å². The Labute approximate surface area is 148 Å². The molecule has 0 bridgehead atoms. The molecule has 7 nitrogen and oxygen atoms in total. The van der Waals surface area contributed by atoms with Crippen molar-refractivity contribution in [3.05, 3.63) is 22.6 Å². The minimum absolute atomic E-state index is 0.0165. The molecule has 0 aromatic carbocycles. The molecule has 0 unspecified atom stereocenters. The molecule has 2 aliphatic rings. The third kappa shape index (κ3) is 4.39. The van der Waals surface area contributed by atoms with Crippen molar-refractivity contribution in [1.82, 2.24) is 14.7 Å². The summed E-state index contributed by atoms with van der Waals surface area (Å²) in [7, 11) is 1.68. The highest BCUT2D eigenvalue weighted by Crippen LogP contribution is 2.20. The maximum absolute atomic E-state index is 12.7. The van der Waals surface area contributed by atoms with Crippen molar-refractivity contribution in [2.75, 3.05) is 38.3 Å². The molecule has 25 heavy (non-hydrogen) atoms. The Hall–Kier alpha value is -1.89. The summed E-state index contributed by atoms with van der Waals surface area (Å²) in [5.74, 6) is -0.0238. The van der Waals surface area contributed by atoms with Crippen LogP contribution in [-0.4, -0.2) is 60.0 Å². The number of rotatable bonds is 6. The van der Waals surface area contributed by atoms with Gasteiger partial charge in [0, 0.05) is 45.5 Å². The Morgan fingerprint density at radius 3 is 2.72 bits per heavy atom. The molecule has 0 radical (unpaired) electrons. The Bertz CT molecular complexity index is 639. The molecule has 138 valence electrons. The van der Waals surface area contributed by atoms with E-state index in [1.165, 1.54) is 4.68 Å². The number of hydrogen-bond donors (Lipinski definition) is 0. The number of likely N-dealkylation sites (tertiary alicyclic amines) is 1. The molecule has 1 atom stereocenters. The largest absolute Gasteiger partial charge is 0.385 e.